The van der Waals surface area contributed by atoms with Crippen LogP contribution in [0.2, 0.25) is 0 Å². The number of hydrogen-bond donors (Lipinski definition) is 2. The highest BCUT2D eigenvalue weighted by Gasteiger charge is 2.57. The van der Waals surface area contributed by atoms with Crippen molar-refractivity contribution in [3.8, 4) is 0 Å². The van der Waals surface area contributed by atoms with E-state index in [-0.39, 0.29) is 41.1 Å². The molecule has 1 aliphatic heterocycles. The van der Waals surface area contributed by atoms with Gasteiger partial charge in [-0.3, -0.25) is 4.79 Å². The van der Waals surface area contributed by atoms with Crippen LogP contribution in [0.15, 0.2) is 4.52 Å². The zero-order valence-electron chi connectivity index (χ0n) is 14.3. The van der Waals surface area contributed by atoms with E-state index in [9.17, 15) is 4.79 Å². The maximum absolute atomic E-state index is 12.4. The van der Waals surface area contributed by atoms with Gasteiger partial charge in [-0.05, 0) is 44.7 Å². The molecule has 0 bridgehead atoms. The highest BCUT2D eigenvalue weighted by molar-refractivity contribution is 5.85. The second kappa shape index (κ2) is 6.40. The SMILES string of the molecule is CC(NC(=O)C1CC12CCNCC2)c1nc(C(C)(C)C)no1.Cl. The van der Waals surface area contributed by atoms with Crippen LogP contribution >= 0.6 is 12.4 Å². The predicted octanol–water partition coefficient (Wildman–Crippen LogP) is 2.36. The molecule has 0 radical (unpaired) electrons. The van der Waals surface area contributed by atoms with E-state index in [4.69, 9.17) is 4.52 Å². The Morgan fingerprint density at radius 2 is 2.04 bits per heavy atom. The molecule has 1 saturated carbocycles. The number of amides is 1. The normalized spacial score (nSPS) is 23.9. The Morgan fingerprint density at radius 1 is 1.39 bits per heavy atom. The fourth-order valence-corrected chi connectivity index (χ4v) is 3.29. The summed E-state index contributed by atoms with van der Waals surface area (Å²) >= 11 is 0. The zero-order valence-corrected chi connectivity index (χ0v) is 15.1. The minimum absolute atomic E-state index is 0. The Bertz CT molecular complexity index is 561. The van der Waals surface area contributed by atoms with Crippen molar-refractivity contribution in [2.45, 2.75) is 58.4 Å². The third kappa shape index (κ3) is 3.69. The van der Waals surface area contributed by atoms with Gasteiger partial charge in [0.1, 0.15) is 6.04 Å². The van der Waals surface area contributed by atoms with E-state index in [1.54, 1.807) is 0 Å². The predicted molar refractivity (Wildman–Crippen MR) is 89.4 cm³/mol. The van der Waals surface area contributed by atoms with Crippen LogP contribution < -0.4 is 10.6 Å². The van der Waals surface area contributed by atoms with Crippen molar-refractivity contribution in [3.63, 3.8) is 0 Å². The van der Waals surface area contributed by atoms with Gasteiger partial charge in [-0.1, -0.05) is 25.9 Å². The summed E-state index contributed by atoms with van der Waals surface area (Å²) in [5.41, 5.74) is 0.0988. The third-order valence-corrected chi connectivity index (χ3v) is 4.95. The maximum Gasteiger partial charge on any atom is 0.248 e. The topological polar surface area (TPSA) is 80.0 Å². The molecule has 6 nitrogen and oxygen atoms in total. The minimum Gasteiger partial charge on any atom is -0.344 e. The van der Waals surface area contributed by atoms with Crippen LogP contribution in [0, 0.1) is 11.3 Å². The van der Waals surface area contributed by atoms with Gasteiger partial charge in [0, 0.05) is 11.3 Å². The van der Waals surface area contributed by atoms with Crippen molar-refractivity contribution in [3.05, 3.63) is 11.7 Å². The molecule has 2 unspecified atom stereocenters. The average molecular weight is 343 g/mol. The molecule has 1 amide bonds. The highest BCUT2D eigenvalue weighted by atomic mass is 35.5. The summed E-state index contributed by atoms with van der Waals surface area (Å²) < 4.78 is 5.31. The first-order valence-electron chi connectivity index (χ1n) is 8.17. The average Bonchev–Trinajstić information content (AvgIpc) is 2.92. The number of nitrogens with zero attached hydrogens (tertiary/aromatic N) is 2. The molecule has 1 aliphatic carbocycles. The Morgan fingerprint density at radius 3 is 2.61 bits per heavy atom. The summed E-state index contributed by atoms with van der Waals surface area (Å²) in [5, 5.41) is 10.4. The number of carbonyl (C=O) groups is 1. The molecule has 3 rings (SSSR count). The van der Waals surface area contributed by atoms with Gasteiger partial charge in [0.2, 0.25) is 11.8 Å². The maximum atomic E-state index is 12.4. The Balaban J connectivity index is 0.00000192. The lowest BCUT2D eigenvalue weighted by Gasteiger charge is -2.23. The van der Waals surface area contributed by atoms with Crippen LogP contribution in [-0.2, 0) is 10.2 Å². The van der Waals surface area contributed by atoms with Gasteiger partial charge >= 0.3 is 0 Å². The second-order valence-corrected chi connectivity index (χ2v) is 7.81. The number of rotatable bonds is 3. The zero-order chi connectivity index (χ0) is 16.0. The summed E-state index contributed by atoms with van der Waals surface area (Å²) in [5.74, 6) is 1.44. The van der Waals surface area contributed by atoms with E-state index in [1.807, 2.05) is 27.7 Å². The molecule has 2 atom stereocenters. The highest BCUT2D eigenvalue weighted by Crippen LogP contribution is 2.58. The van der Waals surface area contributed by atoms with Crippen LogP contribution in [0.4, 0.5) is 0 Å². The fraction of sp³-hybridized carbons (Fsp3) is 0.812. The molecule has 0 aromatic carbocycles. The Labute approximate surface area is 143 Å². The van der Waals surface area contributed by atoms with Gasteiger partial charge in [-0.15, -0.1) is 12.4 Å². The summed E-state index contributed by atoms with van der Waals surface area (Å²) in [6.45, 7) is 10.1. The monoisotopic (exact) mass is 342 g/mol. The molecule has 1 spiro atoms. The quantitative estimate of drug-likeness (QED) is 0.881. The first-order chi connectivity index (χ1) is 10.3. The fourth-order valence-electron chi connectivity index (χ4n) is 3.29. The van der Waals surface area contributed by atoms with E-state index < -0.39 is 0 Å². The summed E-state index contributed by atoms with van der Waals surface area (Å²) in [7, 11) is 0. The van der Waals surface area contributed by atoms with Crippen LogP contribution in [-0.4, -0.2) is 29.1 Å². The molecule has 2 N–H and O–H groups in total. The van der Waals surface area contributed by atoms with Crippen LogP contribution in [0.3, 0.4) is 0 Å². The molecular weight excluding hydrogens is 316 g/mol. The first kappa shape index (κ1) is 18.2. The molecule has 2 heterocycles. The van der Waals surface area contributed by atoms with Gasteiger partial charge in [0.05, 0.1) is 0 Å². The van der Waals surface area contributed by atoms with Gasteiger partial charge in [0.15, 0.2) is 5.82 Å². The molecule has 7 heteroatoms. The minimum atomic E-state index is -0.240. The van der Waals surface area contributed by atoms with Crippen LogP contribution in [0.25, 0.3) is 0 Å². The van der Waals surface area contributed by atoms with Crippen molar-refractivity contribution in [2.24, 2.45) is 11.3 Å². The number of nitrogens with one attached hydrogen (secondary N) is 2. The van der Waals surface area contributed by atoms with Crippen molar-refractivity contribution < 1.29 is 9.32 Å². The number of carbonyl (C=O) groups excluding carboxylic acids is 1. The molecule has 2 aliphatic rings. The molecular formula is C16H27ClN4O2. The number of hydrogen-bond acceptors (Lipinski definition) is 5. The van der Waals surface area contributed by atoms with E-state index >= 15 is 0 Å². The summed E-state index contributed by atoms with van der Waals surface area (Å²) in [6, 6.07) is -0.240. The lowest BCUT2D eigenvalue weighted by atomic mass is 9.91. The van der Waals surface area contributed by atoms with E-state index in [0.717, 1.165) is 32.4 Å². The standard InChI is InChI=1S/C16H26N4O2.ClH/c1-10(13-19-14(20-22-13)15(2,3)4)18-12(21)11-9-16(11)5-7-17-8-6-16;/h10-11,17H,5-9H2,1-4H3,(H,18,21);1H. The number of aromatic nitrogens is 2. The van der Waals surface area contributed by atoms with Crippen molar-refractivity contribution in [1.82, 2.24) is 20.8 Å². The van der Waals surface area contributed by atoms with Crippen LogP contribution in [0.1, 0.15) is 64.7 Å². The first-order valence-corrected chi connectivity index (χ1v) is 8.17. The second-order valence-electron chi connectivity index (χ2n) is 7.81. The summed E-state index contributed by atoms with van der Waals surface area (Å²) in [4.78, 5) is 16.9. The van der Waals surface area contributed by atoms with Gasteiger partial charge in [-0.2, -0.15) is 4.98 Å². The Kier molecular flexibility index (Phi) is 5.06. The number of piperidine rings is 1. The molecule has 1 aromatic rings. The smallest absolute Gasteiger partial charge is 0.248 e. The van der Waals surface area contributed by atoms with Gasteiger partial charge < -0.3 is 15.2 Å². The lowest BCUT2D eigenvalue weighted by molar-refractivity contribution is -0.124. The lowest BCUT2D eigenvalue weighted by Crippen LogP contribution is -2.34. The molecule has 1 aromatic heterocycles. The van der Waals surface area contributed by atoms with Crippen molar-refractivity contribution in [1.29, 1.82) is 0 Å². The molecule has 1 saturated heterocycles. The van der Waals surface area contributed by atoms with Crippen molar-refractivity contribution >= 4 is 18.3 Å². The van der Waals surface area contributed by atoms with E-state index in [2.05, 4.69) is 20.8 Å². The molecule has 23 heavy (non-hydrogen) atoms. The number of halogens is 1. The molecule has 2 fully saturated rings. The van der Waals surface area contributed by atoms with Gasteiger partial charge in [-0.25, -0.2) is 0 Å². The van der Waals surface area contributed by atoms with E-state index in [1.165, 1.54) is 0 Å². The third-order valence-electron chi connectivity index (χ3n) is 4.95. The van der Waals surface area contributed by atoms with E-state index in [0.29, 0.717) is 11.7 Å². The largest absolute Gasteiger partial charge is 0.344 e. The Hall–Kier alpha value is -1.14. The van der Waals surface area contributed by atoms with Gasteiger partial charge in [0.25, 0.3) is 0 Å². The molecule has 130 valence electrons. The summed E-state index contributed by atoms with van der Waals surface area (Å²) in [6.07, 6.45) is 3.23. The van der Waals surface area contributed by atoms with Crippen molar-refractivity contribution in [2.75, 3.05) is 13.1 Å². The van der Waals surface area contributed by atoms with Crippen LogP contribution in [0.5, 0.6) is 0 Å².